The van der Waals surface area contributed by atoms with Crippen LogP contribution in [0.1, 0.15) is 66.6 Å². The van der Waals surface area contributed by atoms with Crippen LogP contribution in [-0.2, 0) is 27.1 Å². The van der Waals surface area contributed by atoms with Crippen LogP contribution >= 0.6 is 0 Å². The third-order valence-corrected chi connectivity index (χ3v) is 7.55. The fraction of sp³-hybridized carbons (Fsp3) is 0.571. The molecular formula is C28H37N3O4. The number of likely N-dealkylation sites (tertiary alicyclic amines) is 1. The molecule has 2 aromatic rings. The number of nitrogens with one attached hydrogen (secondary N) is 1. The molecule has 0 spiro atoms. The van der Waals surface area contributed by atoms with Gasteiger partial charge in [0.15, 0.2) is 0 Å². The highest BCUT2D eigenvalue weighted by atomic mass is 16.5. The molecule has 5 rings (SSSR count). The first-order chi connectivity index (χ1) is 17.2. The predicted octanol–water partition coefficient (Wildman–Crippen LogP) is 4.18. The van der Waals surface area contributed by atoms with E-state index >= 15 is 0 Å². The number of ether oxygens (including phenoxy) is 2. The highest BCUT2D eigenvalue weighted by Crippen LogP contribution is 2.35. The van der Waals surface area contributed by atoms with Crippen molar-refractivity contribution in [3.05, 3.63) is 58.9 Å². The van der Waals surface area contributed by atoms with Crippen molar-refractivity contribution in [2.75, 3.05) is 44.8 Å². The predicted molar refractivity (Wildman–Crippen MR) is 135 cm³/mol. The van der Waals surface area contributed by atoms with E-state index in [0.29, 0.717) is 19.8 Å². The molecule has 2 fully saturated rings. The molecule has 0 aliphatic carbocycles. The Labute approximate surface area is 207 Å². The Balaban J connectivity index is 1.10. The number of fused-ring (bicyclic) bond motifs is 1. The summed E-state index contributed by atoms with van der Waals surface area (Å²) in [6.45, 7) is 4.57. The monoisotopic (exact) mass is 479 g/mol. The van der Waals surface area contributed by atoms with E-state index in [0.717, 1.165) is 81.5 Å². The zero-order valence-electron chi connectivity index (χ0n) is 20.5. The Morgan fingerprint density at radius 1 is 1.23 bits per heavy atom. The van der Waals surface area contributed by atoms with Crippen molar-refractivity contribution in [1.29, 1.82) is 0 Å². The van der Waals surface area contributed by atoms with Crippen molar-refractivity contribution in [1.82, 2.24) is 9.88 Å². The van der Waals surface area contributed by atoms with Gasteiger partial charge in [-0.1, -0.05) is 24.3 Å². The highest BCUT2D eigenvalue weighted by molar-refractivity contribution is 5.76. The molecule has 2 unspecified atom stereocenters. The molecule has 2 N–H and O–H groups in total. The lowest BCUT2D eigenvalue weighted by Gasteiger charge is -2.27. The minimum atomic E-state index is -0.787. The third-order valence-electron chi connectivity index (χ3n) is 7.55. The largest absolute Gasteiger partial charge is 0.480 e. The molecule has 0 radical (unpaired) electrons. The molecule has 3 atom stereocenters. The number of pyridine rings is 1. The molecule has 3 aliphatic rings. The molecule has 0 bridgehead atoms. The third kappa shape index (κ3) is 5.85. The van der Waals surface area contributed by atoms with Gasteiger partial charge in [0.05, 0.1) is 24.1 Å². The lowest BCUT2D eigenvalue weighted by atomic mass is 9.89. The first-order valence-corrected chi connectivity index (χ1v) is 13.2. The van der Waals surface area contributed by atoms with Gasteiger partial charge in [-0.05, 0) is 68.2 Å². The van der Waals surface area contributed by atoms with Crippen molar-refractivity contribution in [3.8, 4) is 0 Å². The van der Waals surface area contributed by atoms with E-state index in [2.05, 4.69) is 28.4 Å². The van der Waals surface area contributed by atoms with Crippen LogP contribution in [-0.4, -0.2) is 66.5 Å². The molecule has 7 nitrogen and oxygen atoms in total. The van der Waals surface area contributed by atoms with E-state index in [4.69, 9.17) is 14.5 Å². The molecule has 0 amide bonds. The van der Waals surface area contributed by atoms with Gasteiger partial charge in [0.25, 0.3) is 0 Å². The maximum absolute atomic E-state index is 12.4. The summed E-state index contributed by atoms with van der Waals surface area (Å²) in [7, 11) is 0. The number of aromatic nitrogens is 1. The molecule has 188 valence electrons. The second-order valence-electron chi connectivity index (χ2n) is 9.99. The lowest BCUT2D eigenvalue weighted by molar-refractivity contribution is -0.143. The maximum atomic E-state index is 12.4. The first kappa shape index (κ1) is 24.2. The van der Waals surface area contributed by atoms with Crippen molar-refractivity contribution < 1.29 is 19.4 Å². The van der Waals surface area contributed by atoms with Crippen LogP contribution in [0.2, 0.25) is 0 Å². The second-order valence-corrected chi connectivity index (χ2v) is 9.99. The number of rotatable bonds is 10. The van der Waals surface area contributed by atoms with Crippen molar-refractivity contribution in [2.24, 2.45) is 0 Å². The number of nitrogens with zero attached hydrogens (tertiary/aromatic N) is 2. The van der Waals surface area contributed by atoms with Crippen LogP contribution in [0.4, 0.5) is 5.69 Å². The van der Waals surface area contributed by atoms with Gasteiger partial charge < -0.3 is 19.9 Å². The van der Waals surface area contributed by atoms with Gasteiger partial charge >= 0.3 is 5.97 Å². The van der Waals surface area contributed by atoms with E-state index in [-0.39, 0.29) is 12.0 Å². The number of aliphatic carboxylic acids is 1. The molecule has 0 saturated carbocycles. The number of hydrogen-bond donors (Lipinski definition) is 2. The Hall–Kier alpha value is -2.48. The number of hydrogen-bond acceptors (Lipinski definition) is 6. The van der Waals surface area contributed by atoms with Crippen LogP contribution in [0.15, 0.2) is 36.4 Å². The fourth-order valence-corrected chi connectivity index (χ4v) is 5.70. The summed E-state index contributed by atoms with van der Waals surface area (Å²) in [6.07, 6.45) is 7.13. The number of unbranched alkanes of at least 4 members (excludes halogenated alkanes) is 1. The standard InChI is InChI=1S/C28H37N3O4/c32-28(33)27(24-8-2-1-7-23(24)20-13-17-34-19-20)31-15-12-22(18-31)35-16-4-3-6-21-10-11-25-26(30-21)9-5-14-29-25/h1-2,7-8,10-11,20,22,27,29H,3-6,9,12-19H2,(H,32,33)/t20?,22-,27?/m1/s1. The van der Waals surface area contributed by atoms with Crippen molar-refractivity contribution >= 4 is 11.7 Å². The summed E-state index contributed by atoms with van der Waals surface area (Å²) < 4.78 is 11.8. The van der Waals surface area contributed by atoms with Crippen LogP contribution in [0.5, 0.6) is 0 Å². The summed E-state index contributed by atoms with van der Waals surface area (Å²) >= 11 is 0. The van der Waals surface area contributed by atoms with E-state index in [1.165, 1.54) is 11.4 Å². The SMILES string of the molecule is O=C(O)C(c1ccccc1C1CCOC1)N1CC[C@@H](OCCCCc2ccc3c(n2)CCCN3)C1. The minimum absolute atomic E-state index is 0.0896. The zero-order valence-corrected chi connectivity index (χ0v) is 20.5. The number of carbonyl (C=O) groups is 1. The Kier molecular flexibility index (Phi) is 7.96. The van der Waals surface area contributed by atoms with Crippen LogP contribution in [0.25, 0.3) is 0 Å². The summed E-state index contributed by atoms with van der Waals surface area (Å²) in [6, 6.07) is 11.7. The molecule has 35 heavy (non-hydrogen) atoms. The molecule has 3 aliphatic heterocycles. The van der Waals surface area contributed by atoms with Gasteiger partial charge in [0, 0.05) is 44.5 Å². The summed E-state index contributed by atoms with van der Waals surface area (Å²) in [5.74, 6) is -0.506. The first-order valence-electron chi connectivity index (χ1n) is 13.2. The molecule has 1 aromatic heterocycles. The molecule has 2 saturated heterocycles. The van der Waals surface area contributed by atoms with Crippen molar-refractivity contribution in [2.45, 2.75) is 63.0 Å². The maximum Gasteiger partial charge on any atom is 0.325 e. The number of benzene rings is 1. The second kappa shape index (κ2) is 11.5. The van der Waals surface area contributed by atoms with E-state index in [1.54, 1.807) is 0 Å². The fourth-order valence-electron chi connectivity index (χ4n) is 5.70. The van der Waals surface area contributed by atoms with Crippen LogP contribution < -0.4 is 5.32 Å². The quantitative estimate of drug-likeness (QED) is 0.495. The van der Waals surface area contributed by atoms with E-state index in [1.807, 2.05) is 18.2 Å². The summed E-state index contributed by atoms with van der Waals surface area (Å²) in [5, 5.41) is 13.6. The number of aryl methyl sites for hydroxylation is 2. The van der Waals surface area contributed by atoms with Crippen LogP contribution in [0.3, 0.4) is 0 Å². The number of carboxylic acid groups (broad SMARTS) is 1. The van der Waals surface area contributed by atoms with E-state index in [9.17, 15) is 9.90 Å². The number of carboxylic acids is 1. The van der Waals surface area contributed by atoms with Crippen LogP contribution in [0, 0.1) is 0 Å². The van der Waals surface area contributed by atoms with Gasteiger partial charge in [0.1, 0.15) is 6.04 Å². The van der Waals surface area contributed by atoms with Gasteiger partial charge in [-0.15, -0.1) is 0 Å². The van der Waals surface area contributed by atoms with Gasteiger partial charge in [0.2, 0.25) is 0 Å². The summed E-state index contributed by atoms with van der Waals surface area (Å²) in [5.41, 5.74) is 5.58. The smallest absolute Gasteiger partial charge is 0.325 e. The van der Waals surface area contributed by atoms with Gasteiger partial charge in [-0.2, -0.15) is 0 Å². The van der Waals surface area contributed by atoms with Gasteiger partial charge in [-0.3, -0.25) is 14.7 Å². The molecular weight excluding hydrogens is 442 g/mol. The highest BCUT2D eigenvalue weighted by Gasteiger charge is 2.36. The average Bonchev–Trinajstić information content (AvgIpc) is 3.57. The topological polar surface area (TPSA) is 83.9 Å². The van der Waals surface area contributed by atoms with Crippen molar-refractivity contribution in [3.63, 3.8) is 0 Å². The van der Waals surface area contributed by atoms with Gasteiger partial charge in [-0.25, -0.2) is 0 Å². The minimum Gasteiger partial charge on any atom is -0.480 e. The summed E-state index contributed by atoms with van der Waals surface area (Å²) in [4.78, 5) is 19.3. The molecule has 4 heterocycles. The number of anilines is 1. The molecule has 1 aromatic carbocycles. The Bertz CT molecular complexity index is 1010. The average molecular weight is 480 g/mol. The normalized spacial score (nSPS) is 23.1. The molecule has 7 heteroatoms. The Morgan fingerprint density at radius 2 is 2.14 bits per heavy atom. The lowest BCUT2D eigenvalue weighted by Crippen LogP contribution is -2.34. The van der Waals surface area contributed by atoms with E-state index < -0.39 is 12.0 Å². The Morgan fingerprint density at radius 3 is 3.00 bits per heavy atom. The zero-order chi connectivity index (χ0) is 24.0.